The van der Waals surface area contributed by atoms with Crippen molar-refractivity contribution in [2.75, 3.05) is 4.90 Å². The molecule has 0 aliphatic heterocycles. The van der Waals surface area contributed by atoms with E-state index in [1.54, 1.807) is 0 Å². The van der Waals surface area contributed by atoms with Crippen LogP contribution in [0.3, 0.4) is 0 Å². The largest absolute Gasteiger partial charge is 0.309 e. The highest BCUT2D eigenvalue weighted by Gasteiger charge is 2.22. The van der Waals surface area contributed by atoms with Gasteiger partial charge in [-0.05, 0) is 109 Å². The third kappa shape index (κ3) is 5.46. The van der Waals surface area contributed by atoms with Crippen molar-refractivity contribution in [3.8, 4) is 33.4 Å². The quantitative estimate of drug-likeness (QED) is 0.154. The fourth-order valence-electron chi connectivity index (χ4n) is 8.56. The lowest BCUT2D eigenvalue weighted by molar-refractivity contribution is 1.30. The van der Waals surface area contributed by atoms with E-state index in [0.29, 0.717) is 0 Å². The van der Waals surface area contributed by atoms with Crippen LogP contribution in [0.1, 0.15) is 0 Å². The van der Waals surface area contributed by atoms with Gasteiger partial charge in [-0.1, -0.05) is 164 Å². The number of hydrogen-bond donors (Lipinski definition) is 0. The molecule has 0 bridgehead atoms. The van der Waals surface area contributed by atoms with E-state index in [1.807, 2.05) is 11.3 Å². The summed E-state index contributed by atoms with van der Waals surface area (Å²) in [7, 11) is 0. The van der Waals surface area contributed by atoms with E-state index in [4.69, 9.17) is 0 Å². The van der Waals surface area contributed by atoms with Crippen molar-refractivity contribution < 1.29 is 0 Å². The van der Waals surface area contributed by atoms with Crippen LogP contribution in [0.25, 0.3) is 85.9 Å². The highest BCUT2D eigenvalue weighted by molar-refractivity contribution is 7.26. The highest BCUT2D eigenvalue weighted by atomic mass is 32.1. The van der Waals surface area contributed by atoms with Gasteiger partial charge in [-0.25, -0.2) is 0 Å². The van der Waals surface area contributed by atoms with Gasteiger partial charge in [-0.2, -0.15) is 0 Å². The summed E-state index contributed by atoms with van der Waals surface area (Å²) in [6, 6.07) is 77.7. The lowest BCUT2D eigenvalue weighted by atomic mass is 9.92. The topological polar surface area (TPSA) is 3.24 Å². The lowest BCUT2D eigenvalue weighted by Gasteiger charge is -2.29. The van der Waals surface area contributed by atoms with Gasteiger partial charge in [0.05, 0.1) is 11.4 Å². The molecule has 262 valence electrons. The second-order valence-electron chi connectivity index (χ2n) is 14.5. The van der Waals surface area contributed by atoms with Gasteiger partial charge < -0.3 is 4.90 Å². The second kappa shape index (κ2) is 13.4. The third-order valence-electron chi connectivity index (χ3n) is 11.2. The Morgan fingerprint density at radius 1 is 0.304 bits per heavy atom. The summed E-state index contributed by atoms with van der Waals surface area (Å²) in [5, 5.41) is 10.2. The predicted octanol–water partition coefficient (Wildman–Crippen LogP) is 16.0. The van der Waals surface area contributed by atoms with Crippen LogP contribution >= 0.6 is 11.3 Å². The number of rotatable bonds is 6. The Hall–Kier alpha value is -7.00. The molecule has 0 N–H and O–H groups in total. The molecule has 0 unspecified atom stereocenters. The molecular formula is C54H35NS. The molecule has 2 heteroatoms. The summed E-state index contributed by atoms with van der Waals surface area (Å²) in [5.41, 5.74) is 10.6. The van der Waals surface area contributed by atoms with Crippen LogP contribution in [0.2, 0.25) is 0 Å². The Morgan fingerprint density at radius 2 is 0.875 bits per heavy atom. The summed E-state index contributed by atoms with van der Waals surface area (Å²) < 4.78 is 2.58. The van der Waals surface area contributed by atoms with Gasteiger partial charge in [0.1, 0.15) is 0 Å². The van der Waals surface area contributed by atoms with Crippen LogP contribution in [0.4, 0.5) is 17.1 Å². The monoisotopic (exact) mass is 729 g/mol. The molecule has 11 rings (SSSR count). The lowest BCUT2D eigenvalue weighted by Crippen LogP contribution is -2.11. The maximum atomic E-state index is 2.47. The molecule has 0 radical (unpaired) electrons. The molecule has 0 saturated heterocycles. The third-order valence-corrected chi connectivity index (χ3v) is 12.4. The number of anilines is 3. The molecular weight excluding hydrogens is 695 g/mol. The average molecular weight is 730 g/mol. The zero-order valence-corrected chi connectivity index (χ0v) is 31.4. The zero-order chi connectivity index (χ0) is 37.0. The van der Waals surface area contributed by atoms with E-state index in [1.165, 1.54) is 91.6 Å². The van der Waals surface area contributed by atoms with E-state index < -0.39 is 0 Å². The van der Waals surface area contributed by atoms with E-state index >= 15 is 0 Å². The summed E-state index contributed by atoms with van der Waals surface area (Å²) >= 11 is 1.87. The molecule has 0 aliphatic carbocycles. The molecule has 0 fully saturated rings. The molecule has 0 spiro atoms. The number of fused-ring (bicyclic) bond motifs is 7. The molecule has 56 heavy (non-hydrogen) atoms. The van der Waals surface area contributed by atoms with Gasteiger partial charge in [-0.3, -0.25) is 0 Å². The van der Waals surface area contributed by atoms with Gasteiger partial charge in [0.25, 0.3) is 0 Å². The molecule has 0 atom stereocenters. The highest BCUT2D eigenvalue weighted by Crippen LogP contribution is 2.48. The van der Waals surface area contributed by atoms with Crippen LogP contribution in [0.5, 0.6) is 0 Å². The normalized spacial score (nSPS) is 11.6. The van der Waals surface area contributed by atoms with Gasteiger partial charge >= 0.3 is 0 Å². The SMILES string of the molecule is c1ccc(-c2ccc(N(c3ccccc3-c3ccc(-c4cc5ccccc5c5ccccc45)cc3)c3cccc4sc5cc6ccccc6cc5c34)cc2)cc1. The van der Waals surface area contributed by atoms with Crippen molar-refractivity contribution in [3.05, 3.63) is 212 Å². The summed E-state index contributed by atoms with van der Waals surface area (Å²) in [6.07, 6.45) is 0. The minimum atomic E-state index is 1.11. The Bertz CT molecular complexity index is 3230. The maximum absolute atomic E-state index is 2.47. The Morgan fingerprint density at radius 3 is 1.66 bits per heavy atom. The first kappa shape index (κ1) is 32.4. The van der Waals surface area contributed by atoms with Crippen molar-refractivity contribution in [2.45, 2.75) is 0 Å². The number of benzene rings is 10. The molecule has 1 aromatic heterocycles. The Balaban J connectivity index is 1.09. The van der Waals surface area contributed by atoms with Crippen LogP contribution in [-0.4, -0.2) is 0 Å². The second-order valence-corrected chi connectivity index (χ2v) is 15.6. The fourth-order valence-corrected chi connectivity index (χ4v) is 9.71. The van der Waals surface area contributed by atoms with Crippen LogP contribution in [-0.2, 0) is 0 Å². The number of para-hydroxylation sites is 1. The molecule has 10 aromatic carbocycles. The first-order chi connectivity index (χ1) is 27.8. The number of thiophene rings is 1. The minimum absolute atomic E-state index is 1.11. The van der Waals surface area contributed by atoms with Gasteiger partial charge in [0.15, 0.2) is 0 Å². The fraction of sp³-hybridized carbons (Fsp3) is 0. The zero-order valence-electron chi connectivity index (χ0n) is 30.6. The van der Waals surface area contributed by atoms with Crippen LogP contribution in [0.15, 0.2) is 212 Å². The molecule has 1 nitrogen and oxygen atoms in total. The van der Waals surface area contributed by atoms with Crippen molar-refractivity contribution in [3.63, 3.8) is 0 Å². The predicted molar refractivity (Wildman–Crippen MR) is 243 cm³/mol. The first-order valence-corrected chi connectivity index (χ1v) is 20.0. The molecule has 0 aliphatic rings. The smallest absolute Gasteiger partial charge is 0.0555 e. The van der Waals surface area contributed by atoms with E-state index in [9.17, 15) is 0 Å². The van der Waals surface area contributed by atoms with Crippen LogP contribution < -0.4 is 4.90 Å². The summed E-state index contributed by atoms with van der Waals surface area (Å²) in [5.74, 6) is 0. The van der Waals surface area contributed by atoms with Gasteiger partial charge in [-0.15, -0.1) is 11.3 Å². The van der Waals surface area contributed by atoms with Crippen molar-refractivity contribution in [1.82, 2.24) is 0 Å². The van der Waals surface area contributed by atoms with E-state index in [-0.39, 0.29) is 0 Å². The van der Waals surface area contributed by atoms with E-state index in [0.717, 1.165) is 11.4 Å². The molecule has 0 amide bonds. The molecule has 11 aromatic rings. The number of nitrogens with zero attached hydrogens (tertiary/aromatic N) is 1. The Labute approximate surface area is 330 Å². The van der Waals surface area contributed by atoms with Gasteiger partial charge in [0, 0.05) is 31.4 Å². The molecule has 1 heterocycles. The standard InChI is InChI=1S/C54H35NS/c1-2-13-36(14-3-1)37-29-31-43(32-30-37)55(51-23-12-24-52-54(51)49-33-40-15-4-5-16-41(40)35-53(49)56-52)50-22-11-10-19-45(50)38-25-27-39(28-26-38)48-34-42-17-6-7-18-44(42)46-20-8-9-21-47(46)48/h1-35H. The van der Waals surface area contributed by atoms with Gasteiger partial charge in [0.2, 0.25) is 0 Å². The maximum Gasteiger partial charge on any atom is 0.0555 e. The Kier molecular flexibility index (Phi) is 7.75. The average Bonchev–Trinajstić information content (AvgIpc) is 3.64. The first-order valence-electron chi connectivity index (χ1n) is 19.2. The van der Waals surface area contributed by atoms with Crippen molar-refractivity contribution >= 4 is 80.9 Å². The van der Waals surface area contributed by atoms with Crippen LogP contribution in [0, 0.1) is 0 Å². The molecule has 0 saturated carbocycles. The summed E-state index contributed by atoms with van der Waals surface area (Å²) in [6.45, 7) is 0. The minimum Gasteiger partial charge on any atom is -0.309 e. The summed E-state index contributed by atoms with van der Waals surface area (Å²) in [4.78, 5) is 2.47. The van der Waals surface area contributed by atoms with E-state index in [2.05, 4.69) is 217 Å². The van der Waals surface area contributed by atoms with Crippen molar-refractivity contribution in [2.24, 2.45) is 0 Å². The van der Waals surface area contributed by atoms with Crippen molar-refractivity contribution in [1.29, 1.82) is 0 Å². The number of hydrogen-bond acceptors (Lipinski definition) is 2.